The van der Waals surface area contributed by atoms with E-state index in [1.54, 1.807) is 12.3 Å². The number of halogens is 1. The fraction of sp³-hybridized carbons (Fsp3) is 0.333. The van der Waals surface area contributed by atoms with Crippen molar-refractivity contribution in [2.45, 2.75) is 51.2 Å². The molecule has 204 valence electrons. The van der Waals surface area contributed by atoms with E-state index in [0.29, 0.717) is 66.3 Å². The van der Waals surface area contributed by atoms with Gasteiger partial charge in [-0.2, -0.15) is 4.36 Å². The highest BCUT2D eigenvalue weighted by Gasteiger charge is 2.22. The van der Waals surface area contributed by atoms with Gasteiger partial charge in [0.05, 0.1) is 29.1 Å². The van der Waals surface area contributed by atoms with Crippen LogP contribution in [-0.2, 0) is 16.1 Å². The van der Waals surface area contributed by atoms with Crippen LogP contribution >= 0.6 is 0 Å². The van der Waals surface area contributed by atoms with Crippen LogP contribution in [-0.4, -0.2) is 43.5 Å². The van der Waals surface area contributed by atoms with E-state index in [9.17, 15) is 13.7 Å². The molecular formula is C30H33FN4O3S. The van der Waals surface area contributed by atoms with Crippen molar-refractivity contribution in [3.8, 4) is 5.75 Å². The number of hydrogen-bond donors (Lipinski definition) is 2. The normalized spacial score (nSPS) is 18.9. The molecule has 1 heterocycles. The Kier molecular flexibility index (Phi) is 8.09. The summed E-state index contributed by atoms with van der Waals surface area (Å²) in [6.07, 6.45) is 6.21. The molecule has 0 aliphatic heterocycles. The fourth-order valence-electron chi connectivity index (χ4n) is 4.91. The molecule has 1 saturated carbocycles. The number of aromatic nitrogens is 2. The van der Waals surface area contributed by atoms with Crippen LogP contribution in [0, 0.1) is 12.7 Å². The van der Waals surface area contributed by atoms with Gasteiger partial charge in [0.15, 0.2) is 0 Å². The van der Waals surface area contributed by atoms with Gasteiger partial charge in [-0.15, -0.1) is 0 Å². The SMILES string of the molecule is Cc1cc(N=S(C)(=O)CCc2ccccc2)cc2ncnc(Nc3ccc(F)cc3O[C@H]3CC[C@H](O)CC3)c12. The molecule has 9 heteroatoms. The van der Waals surface area contributed by atoms with Crippen LogP contribution < -0.4 is 10.1 Å². The second kappa shape index (κ2) is 11.7. The van der Waals surface area contributed by atoms with Crippen molar-refractivity contribution in [3.05, 3.63) is 83.9 Å². The van der Waals surface area contributed by atoms with Crippen molar-refractivity contribution in [1.82, 2.24) is 9.97 Å². The summed E-state index contributed by atoms with van der Waals surface area (Å²) < 4.78 is 38.2. The highest BCUT2D eigenvalue weighted by Crippen LogP contribution is 2.35. The van der Waals surface area contributed by atoms with E-state index in [1.807, 2.05) is 49.4 Å². The van der Waals surface area contributed by atoms with E-state index in [1.165, 1.54) is 18.5 Å². The number of anilines is 2. The lowest BCUT2D eigenvalue weighted by atomic mass is 9.95. The van der Waals surface area contributed by atoms with Crippen molar-refractivity contribution in [1.29, 1.82) is 0 Å². The summed E-state index contributed by atoms with van der Waals surface area (Å²) in [7, 11) is -2.46. The third-order valence-electron chi connectivity index (χ3n) is 6.96. The summed E-state index contributed by atoms with van der Waals surface area (Å²) in [5.74, 6) is 1.02. The van der Waals surface area contributed by atoms with Crippen molar-refractivity contribution in [2.24, 2.45) is 4.36 Å². The maximum absolute atomic E-state index is 14.1. The number of ether oxygens (including phenoxy) is 1. The zero-order chi connectivity index (χ0) is 27.4. The van der Waals surface area contributed by atoms with Crippen LogP contribution in [0.2, 0.25) is 0 Å². The van der Waals surface area contributed by atoms with Crippen molar-refractivity contribution in [2.75, 3.05) is 17.3 Å². The number of rotatable bonds is 8. The number of nitrogens with one attached hydrogen (secondary N) is 1. The van der Waals surface area contributed by atoms with E-state index in [-0.39, 0.29) is 12.2 Å². The minimum atomic E-state index is -2.46. The summed E-state index contributed by atoms with van der Waals surface area (Å²) in [6, 6.07) is 18.1. The second-order valence-corrected chi connectivity index (χ2v) is 12.7. The zero-order valence-electron chi connectivity index (χ0n) is 22.1. The van der Waals surface area contributed by atoms with E-state index in [4.69, 9.17) is 4.74 Å². The topological polar surface area (TPSA) is 96.7 Å². The van der Waals surface area contributed by atoms with Crippen molar-refractivity contribution < 1.29 is 18.4 Å². The molecule has 39 heavy (non-hydrogen) atoms. The van der Waals surface area contributed by atoms with E-state index in [0.717, 1.165) is 16.5 Å². The molecule has 1 unspecified atom stereocenters. The molecule has 0 amide bonds. The summed E-state index contributed by atoms with van der Waals surface area (Å²) in [5.41, 5.74) is 3.86. The first-order valence-corrected chi connectivity index (χ1v) is 15.3. The van der Waals surface area contributed by atoms with E-state index in [2.05, 4.69) is 19.6 Å². The average Bonchev–Trinajstić information content (AvgIpc) is 2.91. The summed E-state index contributed by atoms with van der Waals surface area (Å²) >= 11 is 0. The molecule has 1 aliphatic carbocycles. The molecule has 1 atom stereocenters. The van der Waals surface area contributed by atoms with Crippen LogP contribution in [0.1, 0.15) is 36.8 Å². The average molecular weight is 549 g/mol. The molecule has 3 aromatic carbocycles. The maximum atomic E-state index is 14.1. The molecule has 7 nitrogen and oxygen atoms in total. The largest absolute Gasteiger partial charge is 0.488 e. The monoisotopic (exact) mass is 548 g/mol. The van der Waals surface area contributed by atoms with E-state index >= 15 is 0 Å². The number of aliphatic hydroxyl groups is 1. The Hall–Kier alpha value is -3.56. The van der Waals surface area contributed by atoms with Crippen LogP contribution in [0.5, 0.6) is 5.75 Å². The Morgan fingerprint density at radius 1 is 1.08 bits per heavy atom. The lowest BCUT2D eigenvalue weighted by Gasteiger charge is -2.27. The van der Waals surface area contributed by atoms with Crippen LogP contribution in [0.4, 0.5) is 21.6 Å². The van der Waals surface area contributed by atoms with Crippen LogP contribution in [0.3, 0.4) is 0 Å². The third-order valence-corrected chi connectivity index (χ3v) is 8.52. The predicted octanol–water partition coefficient (Wildman–Crippen LogP) is 6.48. The molecule has 0 spiro atoms. The predicted molar refractivity (Wildman–Crippen MR) is 154 cm³/mol. The third kappa shape index (κ3) is 6.91. The quantitative estimate of drug-likeness (QED) is 0.262. The van der Waals surface area contributed by atoms with Crippen LogP contribution in [0.15, 0.2) is 71.4 Å². The number of nitrogens with zero attached hydrogens (tertiary/aromatic N) is 3. The second-order valence-electron chi connectivity index (χ2n) is 10.2. The zero-order valence-corrected chi connectivity index (χ0v) is 23.0. The van der Waals surface area contributed by atoms with Gasteiger partial charge in [0.1, 0.15) is 23.7 Å². The number of aryl methyl sites for hydroxylation is 2. The van der Waals surface area contributed by atoms with Gasteiger partial charge in [-0.25, -0.2) is 18.6 Å². The molecule has 0 radical (unpaired) electrons. The van der Waals surface area contributed by atoms with Gasteiger partial charge in [-0.1, -0.05) is 30.3 Å². The van der Waals surface area contributed by atoms with Crippen LogP contribution in [0.25, 0.3) is 10.9 Å². The molecule has 5 rings (SSSR count). The number of benzene rings is 3. The minimum Gasteiger partial charge on any atom is -0.488 e. The number of fused-ring (bicyclic) bond motifs is 1. The highest BCUT2D eigenvalue weighted by atomic mass is 32.2. The molecule has 0 saturated heterocycles. The smallest absolute Gasteiger partial charge is 0.146 e. The Labute approximate surface area is 228 Å². The first kappa shape index (κ1) is 27.0. The molecule has 0 bridgehead atoms. The first-order valence-electron chi connectivity index (χ1n) is 13.2. The minimum absolute atomic E-state index is 0.0883. The van der Waals surface area contributed by atoms with E-state index < -0.39 is 15.5 Å². The van der Waals surface area contributed by atoms with Crippen molar-refractivity contribution in [3.63, 3.8) is 0 Å². The molecule has 2 N–H and O–H groups in total. The molecular weight excluding hydrogens is 515 g/mol. The number of hydrogen-bond acceptors (Lipinski definition) is 7. The highest BCUT2D eigenvalue weighted by molar-refractivity contribution is 7.93. The lowest BCUT2D eigenvalue weighted by Crippen LogP contribution is -2.26. The van der Waals surface area contributed by atoms with Gasteiger partial charge in [-0.05, 0) is 74.4 Å². The maximum Gasteiger partial charge on any atom is 0.146 e. The Bertz CT molecular complexity index is 1580. The molecule has 1 fully saturated rings. The lowest BCUT2D eigenvalue weighted by molar-refractivity contribution is 0.0668. The van der Waals surface area contributed by atoms with Gasteiger partial charge >= 0.3 is 0 Å². The Morgan fingerprint density at radius 3 is 2.62 bits per heavy atom. The Morgan fingerprint density at radius 2 is 1.85 bits per heavy atom. The van der Waals surface area contributed by atoms with Gasteiger partial charge in [0.2, 0.25) is 0 Å². The number of aliphatic hydroxyl groups excluding tert-OH is 1. The summed E-state index contributed by atoms with van der Waals surface area (Å²) in [4.78, 5) is 8.91. The van der Waals surface area contributed by atoms with Gasteiger partial charge < -0.3 is 15.2 Å². The standard InChI is InChI=1S/C30H33FN4O3S/c1-20-16-23(35-39(2,37)15-14-21-6-4-3-5-7-21)18-27-29(20)30(33-19-32-27)34-26-13-8-22(31)17-28(26)38-25-11-9-24(36)10-12-25/h3-8,13,16-19,24-25,36H,9-12,14-15H2,1-2H3,(H,32,33,34)/t24-,25-,39?. The van der Waals surface area contributed by atoms with Gasteiger partial charge in [0.25, 0.3) is 0 Å². The molecule has 1 aromatic heterocycles. The molecule has 1 aliphatic rings. The summed E-state index contributed by atoms with van der Waals surface area (Å²) in [5, 5.41) is 13.9. The van der Waals surface area contributed by atoms with Crippen molar-refractivity contribution >= 4 is 37.8 Å². The van der Waals surface area contributed by atoms with Gasteiger partial charge in [0, 0.05) is 33.2 Å². The fourth-order valence-corrected chi connectivity index (χ4v) is 6.17. The first-order chi connectivity index (χ1) is 18.8. The van der Waals surface area contributed by atoms with Gasteiger partial charge in [-0.3, -0.25) is 0 Å². The summed E-state index contributed by atoms with van der Waals surface area (Å²) in [6.45, 7) is 1.94. The molecule has 4 aromatic rings. The Balaban J connectivity index is 1.40.